The number of nitrogens with two attached hydrogens (primary N) is 1. The van der Waals surface area contributed by atoms with E-state index in [0.29, 0.717) is 5.54 Å². The van der Waals surface area contributed by atoms with E-state index in [9.17, 15) is 0 Å². The van der Waals surface area contributed by atoms with Gasteiger partial charge >= 0.3 is 0 Å². The van der Waals surface area contributed by atoms with Crippen LogP contribution in [-0.2, 0) is 0 Å². The fourth-order valence-electron chi connectivity index (χ4n) is 4.96. The Kier molecular flexibility index (Phi) is 3.02. The van der Waals surface area contributed by atoms with Gasteiger partial charge in [-0.3, -0.25) is 0 Å². The maximum atomic E-state index is 6.32. The van der Waals surface area contributed by atoms with Crippen molar-refractivity contribution in [3.05, 3.63) is 0 Å². The minimum absolute atomic E-state index is 0.218. The first-order chi connectivity index (χ1) is 8.36. The van der Waals surface area contributed by atoms with Gasteiger partial charge in [-0.2, -0.15) is 0 Å². The van der Waals surface area contributed by atoms with Gasteiger partial charge in [0.1, 0.15) is 0 Å². The molecule has 4 saturated carbocycles. The second-order valence-corrected chi connectivity index (χ2v) is 8.55. The number of nitrogens with one attached hydrogen (secondary N) is 1. The van der Waals surface area contributed by atoms with Gasteiger partial charge in [-0.15, -0.1) is 0 Å². The van der Waals surface area contributed by atoms with E-state index < -0.39 is 0 Å². The number of hydrogen-bond acceptors (Lipinski definition) is 2. The molecule has 0 aliphatic heterocycles. The largest absolute Gasteiger partial charge is 0.326 e. The summed E-state index contributed by atoms with van der Waals surface area (Å²) in [6.07, 6.45) is 8.84. The Morgan fingerprint density at radius 1 is 1.06 bits per heavy atom. The monoisotopic (exact) mass is 250 g/mol. The van der Waals surface area contributed by atoms with Gasteiger partial charge in [-0.1, -0.05) is 20.8 Å². The summed E-state index contributed by atoms with van der Waals surface area (Å²) in [7, 11) is 0. The van der Waals surface area contributed by atoms with E-state index >= 15 is 0 Å². The van der Waals surface area contributed by atoms with Gasteiger partial charge in [-0.25, -0.2) is 0 Å². The average molecular weight is 250 g/mol. The van der Waals surface area contributed by atoms with Gasteiger partial charge in [0.25, 0.3) is 0 Å². The quantitative estimate of drug-likeness (QED) is 0.808. The molecule has 104 valence electrons. The molecule has 0 radical (unpaired) electrons. The summed E-state index contributed by atoms with van der Waals surface area (Å²) in [5.74, 6) is 3.07. The fraction of sp³-hybridized carbons (Fsp3) is 1.00. The van der Waals surface area contributed by atoms with Gasteiger partial charge in [0.05, 0.1) is 0 Å². The Bertz CT molecular complexity index is 280. The third kappa shape index (κ3) is 2.34. The molecule has 0 aromatic carbocycles. The molecular formula is C16H30N2. The lowest BCUT2D eigenvalue weighted by atomic mass is 9.53. The maximum absolute atomic E-state index is 6.32. The first kappa shape index (κ1) is 12.9. The van der Waals surface area contributed by atoms with Crippen LogP contribution in [-0.4, -0.2) is 18.1 Å². The van der Waals surface area contributed by atoms with E-state index in [-0.39, 0.29) is 11.5 Å². The van der Waals surface area contributed by atoms with Crippen molar-refractivity contribution in [2.75, 3.05) is 6.54 Å². The third-order valence-electron chi connectivity index (χ3n) is 5.85. The zero-order valence-corrected chi connectivity index (χ0v) is 12.3. The molecule has 4 bridgehead atoms. The average Bonchev–Trinajstić information content (AvgIpc) is 2.22. The van der Waals surface area contributed by atoms with Crippen molar-refractivity contribution in [1.29, 1.82) is 0 Å². The lowest BCUT2D eigenvalue weighted by Crippen LogP contribution is -2.61. The molecule has 4 aliphatic carbocycles. The molecule has 4 rings (SSSR count). The Morgan fingerprint density at radius 2 is 1.50 bits per heavy atom. The second-order valence-electron chi connectivity index (χ2n) is 8.55. The van der Waals surface area contributed by atoms with Crippen molar-refractivity contribution in [2.45, 2.75) is 70.9 Å². The molecule has 0 saturated heterocycles. The molecule has 3 N–H and O–H groups in total. The first-order valence-corrected chi connectivity index (χ1v) is 7.87. The minimum Gasteiger partial charge on any atom is -0.326 e. The predicted molar refractivity (Wildman–Crippen MR) is 76.3 cm³/mol. The van der Waals surface area contributed by atoms with E-state index in [1.807, 2.05) is 0 Å². The topological polar surface area (TPSA) is 38.0 Å². The summed E-state index contributed by atoms with van der Waals surface area (Å²) >= 11 is 0. The fourth-order valence-corrected chi connectivity index (χ4v) is 4.96. The molecule has 0 aromatic rings. The van der Waals surface area contributed by atoms with Crippen LogP contribution in [0, 0.1) is 23.2 Å². The van der Waals surface area contributed by atoms with Gasteiger partial charge in [-0.05, 0) is 61.7 Å². The summed E-state index contributed by atoms with van der Waals surface area (Å²) in [5.41, 5.74) is 7.00. The van der Waals surface area contributed by atoms with E-state index in [4.69, 9.17) is 5.73 Å². The van der Waals surface area contributed by atoms with E-state index in [1.54, 1.807) is 0 Å². The van der Waals surface area contributed by atoms with Gasteiger partial charge < -0.3 is 11.1 Å². The molecule has 0 unspecified atom stereocenters. The Morgan fingerprint density at radius 3 is 1.89 bits per heavy atom. The highest BCUT2D eigenvalue weighted by Gasteiger charge is 2.50. The normalized spacial score (nSPS) is 44.3. The number of hydrogen-bond donors (Lipinski definition) is 2. The highest BCUT2D eigenvalue weighted by atomic mass is 15.0. The van der Waals surface area contributed by atoms with Crippen LogP contribution in [0.1, 0.15) is 59.3 Å². The van der Waals surface area contributed by atoms with Crippen LogP contribution in [0.25, 0.3) is 0 Å². The van der Waals surface area contributed by atoms with Crippen LogP contribution < -0.4 is 11.1 Å². The van der Waals surface area contributed by atoms with Gasteiger partial charge in [0.2, 0.25) is 0 Å². The Balaban J connectivity index is 1.62. The van der Waals surface area contributed by atoms with Gasteiger partial charge in [0.15, 0.2) is 0 Å². The van der Waals surface area contributed by atoms with Crippen molar-refractivity contribution in [3.63, 3.8) is 0 Å². The number of rotatable bonds is 3. The molecule has 0 spiro atoms. The van der Waals surface area contributed by atoms with Crippen LogP contribution in [0.4, 0.5) is 0 Å². The van der Waals surface area contributed by atoms with Gasteiger partial charge in [0, 0.05) is 18.1 Å². The van der Waals surface area contributed by atoms with Crippen molar-refractivity contribution >= 4 is 0 Å². The lowest BCUT2D eigenvalue weighted by Gasteiger charge is -2.57. The summed E-state index contributed by atoms with van der Waals surface area (Å²) in [6.45, 7) is 7.74. The minimum atomic E-state index is 0.218. The standard InChI is InChI=1S/C16H30N2/c1-15(2,3)14(17)10-18-16-7-11-4-12(8-16)6-13(5-11)9-16/h11-14,18H,4-10,17H2,1-3H3/t11?,12?,13?,14-,16?/m1/s1. The molecule has 1 atom stereocenters. The van der Waals surface area contributed by atoms with Crippen LogP contribution in [0.2, 0.25) is 0 Å². The maximum Gasteiger partial charge on any atom is 0.0214 e. The van der Waals surface area contributed by atoms with E-state index in [0.717, 1.165) is 24.3 Å². The first-order valence-electron chi connectivity index (χ1n) is 7.87. The molecule has 0 amide bonds. The van der Waals surface area contributed by atoms with Crippen LogP contribution in [0.15, 0.2) is 0 Å². The molecule has 4 aliphatic rings. The zero-order chi connectivity index (χ0) is 13.0. The van der Waals surface area contributed by atoms with Crippen LogP contribution >= 0.6 is 0 Å². The SMILES string of the molecule is CC(C)(C)[C@H](N)CNC12CC3CC(CC(C3)C1)C2. The molecule has 4 fully saturated rings. The third-order valence-corrected chi connectivity index (χ3v) is 5.85. The van der Waals surface area contributed by atoms with Crippen molar-refractivity contribution < 1.29 is 0 Å². The van der Waals surface area contributed by atoms with E-state index in [2.05, 4.69) is 26.1 Å². The van der Waals surface area contributed by atoms with Crippen molar-refractivity contribution in [1.82, 2.24) is 5.32 Å². The smallest absolute Gasteiger partial charge is 0.0214 e. The summed E-state index contributed by atoms with van der Waals surface area (Å²) in [6, 6.07) is 0.269. The molecule has 0 heterocycles. The highest BCUT2D eigenvalue weighted by molar-refractivity contribution is 5.06. The summed E-state index contributed by atoms with van der Waals surface area (Å²) < 4.78 is 0. The summed E-state index contributed by atoms with van der Waals surface area (Å²) in [4.78, 5) is 0. The predicted octanol–water partition coefficient (Wildman–Crippen LogP) is 2.92. The van der Waals surface area contributed by atoms with Crippen molar-refractivity contribution in [2.24, 2.45) is 28.9 Å². The van der Waals surface area contributed by atoms with E-state index in [1.165, 1.54) is 38.5 Å². The summed E-state index contributed by atoms with van der Waals surface area (Å²) in [5, 5.41) is 3.91. The second kappa shape index (κ2) is 4.21. The molecule has 2 nitrogen and oxygen atoms in total. The molecule has 2 heteroatoms. The molecule has 0 aromatic heterocycles. The van der Waals surface area contributed by atoms with Crippen LogP contribution in [0.5, 0.6) is 0 Å². The molecular weight excluding hydrogens is 220 g/mol. The highest BCUT2D eigenvalue weighted by Crippen LogP contribution is 2.55. The van der Waals surface area contributed by atoms with Crippen LogP contribution in [0.3, 0.4) is 0 Å². The Labute approximate surface area is 112 Å². The Hall–Kier alpha value is -0.0800. The molecule has 18 heavy (non-hydrogen) atoms. The zero-order valence-electron chi connectivity index (χ0n) is 12.3. The van der Waals surface area contributed by atoms with Crippen molar-refractivity contribution in [3.8, 4) is 0 Å². The lowest BCUT2D eigenvalue weighted by molar-refractivity contribution is -0.0213.